The molecule has 0 saturated heterocycles. The number of urea groups is 1. The summed E-state index contributed by atoms with van der Waals surface area (Å²) in [7, 11) is 0.908. The van der Waals surface area contributed by atoms with E-state index in [0.717, 1.165) is 4.31 Å². The van der Waals surface area contributed by atoms with Gasteiger partial charge in [0.25, 0.3) is 0 Å². The number of amides is 2. The Morgan fingerprint density at radius 3 is 2.39 bits per heavy atom. The van der Waals surface area contributed by atoms with E-state index in [4.69, 9.17) is 0 Å². The second kappa shape index (κ2) is 5.36. The van der Waals surface area contributed by atoms with E-state index in [1.165, 1.54) is 27.2 Å². The summed E-state index contributed by atoms with van der Waals surface area (Å²) in [6.07, 6.45) is 0. The topological polar surface area (TPSA) is 78.5 Å². The van der Waals surface area contributed by atoms with Crippen LogP contribution in [0, 0.1) is 6.92 Å². The normalized spacial score (nSPS) is 11.4. The van der Waals surface area contributed by atoms with Crippen LogP contribution in [-0.4, -0.2) is 39.9 Å². The molecule has 0 saturated carbocycles. The maximum absolute atomic E-state index is 12.1. The SMILES string of the molecule is CNC(=O)Nc1ccc(C)c(S(=O)(=O)N(C)C)c1. The number of hydrogen-bond acceptors (Lipinski definition) is 3. The highest BCUT2D eigenvalue weighted by Crippen LogP contribution is 2.22. The van der Waals surface area contributed by atoms with Gasteiger partial charge in [-0.15, -0.1) is 0 Å². The van der Waals surface area contributed by atoms with Crippen LogP contribution in [0.15, 0.2) is 23.1 Å². The van der Waals surface area contributed by atoms with Crippen LogP contribution < -0.4 is 10.6 Å². The Hall–Kier alpha value is -1.60. The molecule has 0 unspecified atom stereocenters. The van der Waals surface area contributed by atoms with Crippen molar-refractivity contribution in [1.82, 2.24) is 9.62 Å². The summed E-state index contributed by atoms with van der Waals surface area (Å²) in [5.41, 5.74) is 1.06. The van der Waals surface area contributed by atoms with E-state index >= 15 is 0 Å². The van der Waals surface area contributed by atoms with Crippen molar-refractivity contribution in [2.75, 3.05) is 26.5 Å². The maximum atomic E-state index is 12.1. The first kappa shape index (κ1) is 14.5. The molecule has 0 aliphatic rings. The van der Waals surface area contributed by atoms with E-state index in [0.29, 0.717) is 11.3 Å². The largest absolute Gasteiger partial charge is 0.341 e. The Morgan fingerprint density at radius 1 is 1.28 bits per heavy atom. The summed E-state index contributed by atoms with van der Waals surface area (Å²) in [6.45, 7) is 1.71. The minimum Gasteiger partial charge on any atom is -0.341 e. The Balaban J connectivity index is 3.22. The van der Waals surface area contributed by atoms with E-state index in [-0.39, 0.29) is 4.90 Å². The average Bonchev–Trinajstić information content (AvgIpc) is 2.31. The maximum Gasteiger partial charge on any atom is 0.318 e. The van der Waals surface area contributed by atoms with E-state index in [1.807, 2.05) is 0 Å². The molecule has 0 fully saturated rings. The van der Waals surface area contributed by atoms with Gasteiger partial charge >= 0.3 is 6.03 Å². The quantitative estimate of drug-likeness (QED) is 0.860. The minimum atomic E-state index is -3.51. The van der Waals surface area contributed by atoms with E-state index in [2.05, 4.69) is 10.6 Å². The number of benzene rings is 1. The molecule has 1 rings (SSSR count). The lowest BCUT2D eigenvalue weighted by atomic mass is 10.2. The van der Waals surface area contributed by atoms with Crippen LogP contribution in [0.5, 0.6) is 0 Å². The molecule has 0 spiro atoms. The van der Waals surface area contributed by atoms with Gasteiger partial charge in [0.2, 0.25) is 10.0 Å². The third-order valence-electron chi connectivity index (χ3n) is 2.43. The molecule has 18 heavy (non-hydrogen) atoms. The molecule has 7 heteroatoms. The Labute approximate surface area is 107 Å². The third-order valence-corrected chi connectivity index (χ3v) is 4.39. The molecular formula is C11H17N3O3S. The first-order valence-corrected chi connectivity index (χ1v) is 6.75. The molecule has 0 aromatic heterocycles. The van der Waals surface area contributed by atoms with Gasteiger partial charge in [0.15, 0.2) is 0 Å². The van der Waals surface area contributed by atoms with Crippen LogP contribution in [-0.2, 0) is 10.0 Å². The van der Waals surface area contributed by atoms with Gasteiger partial charge in [-0.1, -0.05) is 6.07 Å². The second-order valence-electron chi connectivity index (χ2n) is 3.97. The Morgan fingerprint density at radius 2 is 1.89 bits per heavy atom. The summed E-state index contributed by atoms with van der Waals surface area (Å²) in [6, 6.07) is 4.35. The lowest BCUT2D eigenvalue weighted by molar-refractivity contribution is 0.254. The molecule has 1 aromatic carbocycles. The van der Waals surface area contributed by atoms with E-state index in [9.17, 15) is 13.2 Å². The molecule has 0 aliphatic carbocycles. The fourth-order valence-corrected chi connectivity index (χ4v) is 2.49. The third kappa shape index (κ3) is 2.99. The first-order valence-electron chi connectivity index (χ1n) is 5.31. The van der Waals surface area contributed by atoms with Crippen molar-refractivity contribution < 1.29 is 13.2 Å². The van der Waals surface area contributed by atoms with Gasteiger partial charge in [-0.2, -0.15) is 0 Å². The fourth-order valence-electron chi connectivity index (χ4n) is 1.35. The standard InChI is InChI=1S/C11H17N3O3S/c1-8-5-6-9(13-11(15)12-2)7-10(8)18(16,17)14(3)4/h5-7H,1-4H3,(H2,12,13,15). The van der Waals surface area contributed by atoms with Crippen molar-refractivity contribution in [1.29, 1.82) is 0 Å². The molecule has 0 bridgehead atoms. The summed E-state index contributed by atoms with van der Waals surface area (Å²) in [4.78, 5) is 11.4. The van der Waals surface area contributed by atoms with Gasteiger partial charge in [-0.25, -0.2) is 17.5 Å². The van der Waals surface area contributed by atoms with Crippen LogP contribution in [0.25, 0.3) is 0 Å². The van der Waals surface area contributed by atoms with Gasteiger partial charge in [0.05, 0.1) is 4.90 Å². The first-order chi connectivity index (χ1) is 8.28. The number of carbonyl (C=O) groups excluding carboxylic acids is 1. The molecule has 1 aromatic rings. The van der Waals surface area contributed by atoms with Gasteiger partial charge in [-0.3, -0.25) is 0 Å². The Bertz CT molecular complexity index is 553. The van der Waals surface area contributed by atoms with Crippen molar-refractivity contribution in [2.45, 2.75) is 11.8 Å². The number of carbonyl (C=O) groups is 1. The molecule has 0 atom stereocenters. The molecular weight excluding hydrogens is 254 g/mol. The molecule has 6 nitrogen and oxygen atoms in total. The van der Waals surface area contributed by atoms with Crippen LogP contribution in [0.4, 0.5) is 10.5 Å². The lowest BCUT2D eigenvalue weighted by Gasteiger charge is -2.15. The number of sulfonamides is 1. The van der Waals surface area contributed by atoms with Crippen LogP contribution >= 0.6 is 0 Å². The number of hydrogen-bond donors (Lipinski definition) is 2. The van der Waals surface area contributed by atoms with Crippen molar-refractivity contribution in [3.8, 4) is 0 Å². The zero-order valence-corrected chi connectivity index (χ0v) is 11.6. The minimum absolute atomic E-state index is 0.182. The smallest absolute Gasteiger partial charge is 0.318 e. The fraction of sp³-hybridized carbons (Fsp3) is 0.364. The van der Waals surface area contributed by atoms with E-state index < -0.39 is 16.1 Å². The molecule has 0 heterocycles. The van der Waals surface area contributed by atoms with Gasteiger partial charge in [-0.05, 0) is 24.6 Å². The van der Waals surface area contributed by atoms with Gasteiger partial charge in [0.1, 0.15) is 0 Å². The summed E-state index contributed by atoms with van der Waals surface area (Å²) < 4.78 is 25.3. The van der Waals surface area contributed by atoms with Crippen molar-refractivity contribution in [2.24, 2.45) is 0 Å². The summed E-state index contributed by atoms with van der Waals surface area (Å²) in [5.74, 6) is 0. The predicted octanol–water partition coefficient (Wildman–Crippen LogP) is 0.997. The number of nitrogens with zero attached hydrogens (tertiary/aromatic N) is 1. The predicted molar refractivity (Wildman–Crippen MR) is 70.1 cm³/mol. The van der Waals surface area contributed by atoms with Crippen LogP contribution in [0.3, 0.4) is 0 Å². The van der Waals surface area contributed by atoms with Gasteiger partial charge in [0, 0.05) is 26.8 Å². The van der Waals surface area contributed by atoms with Gasteiger partial charge < -0.3 is 10.6 Å². The summed E-state index contributed by atoms with van der Waals surface area (Å²) >= 11 is 0. The number of anilines is 1. The number of aryl methyl sites for hydroxylation is 1. The van der Waals surface area contributed by atoms with Crippen molar-refractivity contribution >= 4 is 21.7 Å². The zero-order valence-electron chi connectivity index (χ0n) is 10.8. The highest BCUT2D eigenvalue weighted by molar-refractivity contribution is 7.89. The molecule has 0 radical (unpaired) electrons. The van der Waals surface area contributed by atoms with Crippen LogP contribution in [0.1, 0.15) is 5.56 Å². The molecule has 2 amide bonds. The molecule has 0 aliphatic heterocycles. The Kier molecular flexibility index (Phi) is 4.31. The number of nitrogens with one attached hydrogen (secondary N) is 2. The zero-order chi connectivity index (χ0) is 13.9. The van der Waals surface area contributed by atoms with Crippen molar-refractivity contribution in [3.63, 3.8) is 0 Å². The highest BCUT2D eigenvalue weighted by atomic mass is 32.2. The van der Waals surface area contributed by atoms with Crippen LogP contribution in [0.2, 0.25) is 0 Å². The molecule has 2 N–H and O–H groups in total. The second-order valence-corrected chi connectivity index (χ2v) is 6.09. The van der Waals surface area contributed by atoms with E-state index in [1.54, 1.807) is 19.1 Å². The van der Waals surface area contributed by atoms with Crippen molar-refractivity contribution in [3.05, 3.63) is 23.8 Å². The molecule has 100 valence electrons. The highest BCUT2D eigenvalue weighted by Gasteiger charge is 2.20. The monoisotopic (exact) mass is 271 g/mol. The lowest BCUT2D eigenvalue weighted by Crippen LogP contribution is -2.25. The number of rotatable bonds is 3. The summed E-state index contributed by atoms with van der Waals surface area (Å²) in [5, 5.41) is 4.94. The average molecular weight is 271 g/mol.